The van der Waals surface area contributed by atoms with Crippen molar-refractivity contribution in [2.75, 3.05) is 0 Å². The number of aryl methyl sites for hydroxylation is 1. The molecule has 1 radical (unpaired) electrons. The summed E-state index contributed by atoms with van der Waals surface area (Å²) in [6, 6.07) is 47.4. The molecule has 0 spiro atoms. The molecule has 4 N–H and O–H groups in total. The molecule has 0 amide bonds. The number of aromatic hydroxyl groups is 2. The number of nitrogens with two attached hydrogens (primary N) is 1. The van der Waals surface area contributed by atoms with E-state index in [-0.39, 0.29) is 49.3 Å². The summed E-state index contributed by atoms with van der Waals surface area (Å²) < 4.78 is 26.1. The summed E-state index contributed by atoms with van der Waals surface area (Å²) in [4.78, 5) is 1.56. The molecule has 0 aliphatic carbocycles. The summed E-state index contributed by atoms with van der Waals surface area (Å²) in [5, 5.41) is 24.9. The summed E-state index contributed by atoms with van der Waals surface area (Å²) in [6.45, 7) is 14.9. The van der Waals surface area contributed by atoms with Crippen LogP contribution in [0.5, 0.6) is 11.5 Å². The molecule has 2 heterocycles. The van der Waals surface area contributed by atoms with Crippen molar-refractivity contribution in [3.8, 4) is 54.6 Å². The van der Waals surface area contributed by atoms with Crippen LogP contribution in [0.3, 0.4) is 0 Å². The van der Waals surface area contributed by atoms with E-state index in [4.69, 9.17) is 12.3 Å². The number of hydrogen-bond donors (Lipinski definition) is 3. The van der Waals surface area contributed by atoms with Gasteiger partial charge in [0.1, 0.15) is 23.1 Å². The van der Waals surface area contributed by atoms with Gasteiger partial charge in [-0.25, -0.2) is 14.9 Å². The van der Waals surface area contributed by atoms with E-state index in [1.165, 1.54) is 53.0 Å². The quantitative estimate of drug-likeness (QED) is 0.115. The van der Waals surface area contributed by atoms with E-state index in [1.807, 2.05) is 127 Å². The van der Waals surface area contributed by atoms with E-state index in [1.54, 1.807) is 30.3 Å². The van der Waals surface area contributed by atoms with Crippen LogP contribution in [0.15, 0.2) is 181 Å². The SMILES string of the molecule is Cc1ccccc1-c1scc(-c2ccc(F)cc2)c1O.[CH-]=C/C=C(\N)c1ccccc1-c1scc(-c2ccc(F)cc2)c1O.[CH2-]c1ccccc1.[CH2-]c1ccccc1.[Zr+3]. The number of rotatable bonds is 6. The second-order valence-electron chi connectivity index (χ2n) is 12.8. The van der Waals surface area contributed by atoms with Crippen molar-refractivity contribution in [1.82, 2.24) is 0 Å². The Morgan fingerprint density at radius 3 is 1.36 bits per heavy atom. The molecule has 8 heteroatoms. The summed E-state index contributed by atoms with van der Waals surface area (Å²) in [5.74, 6) is -0.169. The van der Waals surface area contributed by atoms with Crippen molar-refractivity contribution < 1.29 is 45.2 Å². The van der Waals surface area contributed by atoms with E-state index in [9.17, 15) is 19.0 Å². The van der Waals surface area contributed by atoms with Crippen LogP contribution in [-0.4, -0.2) is 10.2 Å². The third-order valence-electron chi connectivity index (χ3n) is 8.67. The molecule has 0 bridgehead atoms. The fourth-order valence-electron chi connectivity index (χ4n) is 5.66. The van der Waals surface area contributed by atoms with Crippen LogP contribution in [0.2, 0.25) is 0 Å². The molecule has 0 atom stereocenters. The Kier molecular flexibility index (Phi) is 17.7. The molecule has 0 aliphatic heterocycles. The first-order valence-corrected chi connectivity index (χ1v) is 19.9. The summed E-state index contributed by atoms with van der Waals surface area (Å²) in [7, 11) is 0. The Labute approximate surface area is 373 Å². The van der Waals surface area contributed by atoms with E-state index >= 15 is 0 Å². The zero-order valence-corrected chi connectivity index (χ0v) is 36.4. The Hall–Kier alpha value is -5.92. The third-order valence-corrected chi connectivity index (χ3v) is 10.7. The number of halogens is 2. The number of benzene rings is 6. The maximum absolute atomic E-state index is 13.1. The molecule has 293 valence electrons. The van der Waals surface area contributed by atoms with Crippen LogP contribution >= 0.6 is 22.7 Å². The van der Waals surface area contributed by atoms with Gasteiger partial charge in [0.2, 0.25) is 0 Å². The van der Waals surface area contributed by atoms with Gasteiger partial charge in [-0.2, -0.15) is 55.3 Å². The molecule has 0 unspecified atom stereocenters. The van der Waals surface area contributed by atoms with Gasteiger partial charge in [-0.1, -0.05) is 84.9 Å². The first-order chi connectivity index (χ1) is 28.1. The van der Waals surface area contributed by atoms with Gasteiger partial charge >= 0.3 is 26.2 Å². The standard InChI is InChI=1S/C20H15FNOS.C17H13FOS.2C7H7.Zr/c1-2-5-18(22)15-6-3-4-7-16(15)20-19(23)17(12-24-20)13-8-10-14(21)11-9-13;1-11-4-2-3-5-14(11)17-16(19)15(10-20-17)12-6-8-13(18)9-7-12;2*1-7-5-3-2-4-6-7;/h1-12,23H,22H2;2-10,19H,1H3;2*2-6H,1H2;/q-1;;2*-1;+3/b18-5-;;;;. The van der Waals surface area contributed by atoms with E-state index < -0.39 is 0 Å². The fraction of sp³-hybridized carbons (Fsp3) is 0.0196. The maximum Gasteiger partial charge on any atom is 3.00 e. The number of hydrogen-bond acceptors (Lipinski definition) is 5. The van der Waals surface area contributed by atoms with Crippen molar-refractivity contribution in [3.63, 3.8) is 0 Å². The van der Waals surface area contributed by atoms with Gasteiger partial charge in [0.25, 0.3) is 0 Å². The van der Waals surface area contributed by atoms with E-state index in [0.29, 0.717) is 16.1 Å². The Balaban J connectivity index is 0.000000195. The first kappa shape index (κ1) is 45.8. The van der Waals surface area contributed by atoms with Gasteiger partial charge in [-0.15, -0.1) is 46.9 Å². The third kappa shape index (κ3) is 12.8. The fourth-order valence-corrected chi connectivity index (χ4v) is 7.74. The molecule has 59 heavy (non-hydrogen) atoms. The van der Waals surface area contributed by atoms with Crippen LogP contribution in [0, 0.1) is 39.0 Å². The minimum atomic E-state index is -0.310. The van der Waals surface area contributed by atoms with Crippen molar-refractivity contribution in [2.45, 2.75) is 6.92 Å². The van der Waals surface area contributed by atoms with Crippen LogP contribution < -0.4 is 5.73 Å². The van der Waals surface area contributed by atoms with Crippen molar-refractivity contribution in [2.24, 2.45) is 5.73 Å². The van der Waals surface area contributed by atoms with Gasteiger partial charge in [-0.05, 0) is 64.7 Å². The topological polar surface area (TPSA) is 66.5 Å². The van der Waals surface area contributed by atoms with Gasteiger partial charge in [0.05, 0.1) is 9.75 Å². The van der Waals surface area contributed by atoms with E-state index in [2.05, 4.69) is 13.8 Å². The van der Waals surface area contributed by atoms with Crippen molar-refractivity contribution >= 4 is 28.4 Å². The number of thiophene rings is 2. The monoisotopic (exact) mass is 892 g/mol. The van der Waals surface area contributed by atoms with Crippen molar-refractivity contribution in [1.29, 1.82) is 0 Å². The summed E-state index contributed by atoms with van der Waals surface area (Å²) in [6.07, 6.45) is 2.99. The normalized spacial score (nSPS) is 10.3. The zero-order chi connectivity index (χ0) is 41.4. The molecular weight excluding hydrogens is 852 g/mol. The second-order valence-corrected chi connectivity index (χ2v) is 14.6. The first-order valence-electron chi connectivity index (χ1n) is 18.1. The molecule has 0 aliphatic rings. The molecule has 2 aromatic heterocycles. The van der Waals surface area contributed by atoms with Crippen LogP contribution in [0.1, 0.15) is 22.3 Å². The van der Waals surface area contributed by atoms with Gasteiger partial charge in [0.15, 0.2) is 0 Å². The van der Waals surface area contributed by atoms with Gasteiger partial charge in [-0.3, -0.25) is 6.58 Å². The second kappa shape index (κ2) is 22.9. The maximum atomic E-state index is 13.1. The molecule has 0 saturated carbocycles. The van der Waals surface area contributed by atoms with Gasteiger partial charge < -0.3 is 15.9 Å². The Morgan fingerprint density at radius 1 is 0.559 bits per heavy atom. The molecule has 6 aromatic carbocycles. The van der Waals surface area contributed by atoms with Crippen LogP contribution in [-0.2, 0) is 26.2 Å². The minimum Gasteiger partial charge on any atom is -0.506 e. The predicted octanol–water partition coefficient (Wildman–Crippen LogP) is 14.2. The average molecular weight is 894 g/mol. The molecule has 3 nitrogen and oxygen atoms in total. The number of allylic oxidation sites excluding steroid dienone is 2. The average Bonchev–Trinajstić information content (AvgIpc) is 3.81. The van der Waals surface area contributed by atoms with Crippen molar-refractivity contribution in [3.05, 3.63) is 235 Å². The summed E-state index contributed by atoms with van der Waals surface area (Å²) >= 11 is 2.91. The predicted molar refractivity (Wildman–Crippen MR) is 241 cm³/mol. The largest absolute Gasteiger partial charge is 3.00 e. The smallest absolute Gasteiger partial charge is 0.506 e. The summed E-state index contributed by atoms with van der Waals surface area (Å²) in [5.41, 5.74) is 15.5. The molecule has 8 aromatic rings. The molecule has 8 rings (SSSR count). The van der Waals surface area contributed by atoms with Crippen LogP contribution in [0.4, 0.5) is 8.78 Å². The van der Waals surface area contributed by atoms with E-state index in [0.717, 1.165) is 54.9 Å². The molecular formula is C51H42F2NO2S2Zr. The minimum absolute atomic E-state index is 0. The van der Waals surface area contributed by atoms with Crippen LogP contribution in [0.25, 0.3) is 48.8 Å². The van der Waals surface area contributed by atoms with Gasteiger partial charge in [0, 0.05) is 27.5 Å². The Bertz CT molecular complexity index is 2510. The zero-order valence-electron chi connectivity index (χ0n) is 32.4. The molecule has 0 saturated heterocycles. The molecule has 0 fully saturated rings. The Morgan fingerprint density at radius 2 is 0.949 bits per heavy atom.